The average Bonchev–Trinajstić information content (AvgIpc) is 2.27. The van der Waals surface area contributed by atoms with Gasteiger partial charge in [0.15, 0.2) is 0 Å². The summed E-state index contributed by atoms with van der Waals surface area (Å²) < 4.78 is 0. The molecule has 0 aromatic heterocycles. The highest BCUT2D eigenvalue weighted by molar-refractivity contribution is 7.98. The molecule has 1 heterocycles. The summed E-state index contributed by atoms with van der Waals surface area (Å²) in [6.45, 7) is 6.06. The van der Waals surface area contributed by atoms with Gasteiger partial charge in [-0.2, -0.15) is 11.8 Å². The molecule has 0 radical (unpaired) electrons. The fourth-order valence-corrected chi connectivity index (χ4v) is 2.49. The van der Waals surface area contributed by atoms with E-state index in [4.69, 9.17) is 0 Å². The highest BCUT2D eigenvalue weighted by Crippen LogP contribution is 2.16. The molecule has 0 bridgehead atoms. The number of rotatable bonds is 3. The van der Waals surface area contributed by atoms with Crippen LogP contribution in [0.5, 0.6) is 0 Å². The number of nitrogens with zero attached hydrogens (tertiary/aromatic N) is 1. The first-order valence-corrected chi connectivity index (χ1v) is 6.04. The third-order valence-electron chi connectivity index (χ3n) is 2.42. The number of hydrogen-bond acceptors (Lipinski definition) is 3. The highest BCUT2D eigenvalue weighted by atomic mass is 32.2. The number of amides is 1. The molecule has 0 spiro atoms. The minimum absolute atomic E-state index is 0.0145. The molecule has 4 heteroatoms. The molecule has 1 saturated heterocycles. The Morgan fingerprint density at radius 3 is 2.62 bits per heavy atom. The van der Waals surface area contributed by atoms with E-state index >= 15 is 0 Å². The molecule has 3 atom stereocenters. The molecule has 76 valence electrons. The number of nitrogens with one attached hydrogen (secondary N) is 1. The minimum atomic E-state index is -0.0145. The second-order valence-electron chi connectivity index (χ2n) is 3.61. The number of thioether (sulfide) groups is 1. The predicted octanol–water partition coefficient (Wildman–Crippen LogP) is 0.904. The van der Waals surface area contributed by atoms with Crippen LogP contribution in [0.2, 0.25) is 0 Å². The molecule has 3 unspecified atom stereocenters. The van der Waals surface area contributed by atoms with Crippen LogP contribution in [0.4, 0.5) is 0 Å². The van der Waals surface area contributed by atoms with E-state index < -0.39 is 0 Å². The third kappa shape index (κ3) is 2.17. The van der Waals surface area contributed by atoms with Crippen molar-refractivity contribution < 1.29 is 4.79 Å². The van der Waals surface area contributed by atoms with Gasteiger partial charge in [0.05, 0.1) is 12.2 Å². The molecule has 0 saturated carbocycles. The van der Waals surface area contributed by atoms with Crippen LogP contribution in [0.1, 0.15) is 20.8 Å². The fourth-order valence-electron chi connectivity index (χ4n) is 1.85. The maximum Gasteiger partial charge on any atom is 0.240 e. The summed E-state index contributed by atoms with van der Waals surface area (Å²) in [7, 11) is 0. The van der Waals surface area contributed by atoms with Gasteiger partial charge in [-0.25, -0.2) is 0 Å². The number of hydrogen-bond donors (Lipinski definition) is 1. The minimum Gasteiger partial charge on any atom is -0.323 e. The van der Waals surface area contributed by atoms with E-state index in [1.165, 1.54) is 0 Å². The molecule has 0 aromatic carbocycles. The van der Waals surface area contributed by atoms with Crippen LogP contribution in [0.15, 0.2) is 0 Å². The Morgan fingerprint density at radius 1 is 1.62 bits per heavy atom. The summed E-state index contributed by atoms with van der Waals surface area (Å²) in [6.07, 6.45) is 2.25. The summed E-state index contributed by atoms with van der Waals surface area (Å²) >= 11 is 1.78. The molecule has 0 aromatic rings. The number of carbonyl (C=O) groups excluding carboxylic acids is 1. The van der Waals surface area contributed by atoms with E-state index in [0.29, 0.717) is 6.04 Å². The summed E-state index contributed by atoms with van der Waals surface area (Å²) in [4.78, 5) is 13.6. The Hall–Kier alpha value is -0.220. The van der Waals surface area contributed by atoms with Gasteiger partial charge >= 0.3 is 0 Å². The second-order valence-corrected chi connectivity index (χ2v) is 4.52. The normalized spacial score (nSPS) is 31.1. The van der Waals surface area contributed by atoms with Crippen LogP contribution in [-0.2, 0) is 4.79 Å². The lowest BCUT2D eigenvalue weighted by molar-refractivity contribution is -0.131. The molecule has 1 rings (SSSR count). The van der Waals surface area contributed by atoms with Crippen molar-refractivity contribution in [2.24, 2.45) is 0 Å². The molecule has 1 aliphatic heterocycles. The van der Waals surface area contributed by atoms with Crippen molar-refractivity contribution in [2.45, 2.75) is 39.0 Å². The first-order chi connectivity index (χ1) is 6.07. The Bertz CT molecular complexity index is 198. The van der Waals surface area contributed by atoms with Crippen LogP contribution >= 0.6 is 11.8 Å². The Balaban J connectivity index is 2.62. The standard InChI is InChI=1S/C9H18N2OS/c1-6(5-13-4)11-8(3)10-7(2)9(11)12/h6-8,10H,5H2,1-4H3. The van der Waals surface area contributed by atoms with Gasteiger partial charge in [-0.1, -0.05) is 0 Å². The molecule has 3 nitrogen and oxygen atoms in total. The van der Waals surface area contributed by atoms with Crippen LogP contribution in [0.25, 0.3) is 0 Å². The van der Waals surface area contributed by atoms with Gasteiger partial charge in [0.2, 0.25) is 5.91 Å². The fraction of sp³-hybridized carbons (Fsp3) is 0.889. The van der Waals surface area contributed by atoms with Gasteiger partial charge in [0.25, 0.3) is 0 Å². The monoisotopic (exact) mass is 202 g/mol. The maximum atomic E-state index is 11.7. The van der Waals surface area contributed by atoms with Crippen molar-refractivity contribution in [3.63, 3.8) is 0 Å². The van der Waals surface area contributed by atoms with Gasteiger partial charge < -0.3 is 4.90 Å². The Kier molecular flexibility index (Phi) is 3.62. The van der Waals surface area contributed by atoms with Gasteiger partial charge in [-0.3, -0.25) is 10.1 Å². The van der Waals surface area contributed by atoms with Crippen molar-refractivity contribution in [3.05, 3.63) is 0 Å². The summed E-state index contributed by atoms with van der Waals surface area (Å²) in [6, 6.07) is 0.314. The zero-order chi connectivity index (χ0) is 10.0. The predicted molar refractivity (Wildman–Crippen MR) is 56.7 cm³/mol. The lowest BCUT2D eigenvalue weighted by Gasteiger charge is -2.27. The third-order valence-corrected chi connectivity index (χ3v) is 3.23. The van der Waals surface area contributed by atoms with E-state index in [0.717, 1.165) is 5.75 Å². The van der Waals surface area contributed by atoms with Crippen molar-refractivity contribution >= 4 is 17.7 Å². The SMILES string of the molecule is CSCC(C)N1C(=O)C(C)NC1C. The van der Waals surface area contributed by atoms with Crippen molar-refractivity contribution in [1.82, 2.24) is 10.2 Å². The number of carbonyl (C=O) groups is 1. The molecule has 1 aliphatic rings. The van der Waals surface area contributed by atoms with E-state index in [1.54, 1.807) is 11.8 Å². The van der Waals surface area contributed by atoms with Crippen molar-refractivity contribution in [2.75, 3.05) is 12.0 Å². The van der Waals surface area contributed by atoms with Crippen LogP contribution in [0.3, 0.4) is 0 Å². The summed E-state index contributed by atoms with van der Waals surface area (Å²) in [5.41, 5.74) is 0. The molecular formula is C9H18N2OS. The topological polar surface area (TPSA) is 32.3 Å². The van der Waals surface area contributed by atoms with E-state index in [2.05, 4.69) is 18.5 Å². The first-order valence-electron chi connectivity index (χ1n) is 4.65. The van der Waals surface area contributed by atoms with E-state index in [9.17, 15) is 4.79 Å². The molecule has 1 amide bonds. The van der Waals surface area contributed by atoms with Crippen LogP contribution in [-0.4, -0.2) is 41.1 Å². The molecule has 13 heavy (non-hydrogen) atoms. The molecular weight excluding hydrogens is 184 g/mol. The van der Waals surface area contributed by atoms with Gasteiger partial charge in [0.1, 0.15) is 0 Å². The molecule has 1 N–H and O–H groups in total. The first kappa shape index (κ1) is 10.9. The van der Waals surface area contributed by atoms with Gasteiger partial charge in [-0.05, 0) is 27.0 Å². The second kappa shape index (κ2) is 4.33. The molecule has 0 aliphatic carbocycles. The lowest BCUT2D eigenvalue weighted by atomic mass is 10.3. The van der Waals surface area contributed by atoms with Crippen LogP contribution in [0, 0.1) is 0 Å². The Morgan fingerprint density at radius 2 is 2.23 bits per heavy atom. The largest absolute Gasteiger partial charge is 0.323 e. The van der Waals surface area contributed by atoms with Crippen molar-refractivity contribution in [3.8, 4) is 0 Å². The van der Waals surface area contributed by atoms with Crippen LogP contribution < -0.4 is 5.32 Å². The quantitative estimate of drug-likeness (QED) is 0.738. The summed E-state index contributed by atoms with van der Waals surface area (Å²) in [5.74, 6) is 1.24. The van der Waals surface area contributed by atoms with Gasteiger partial charge in [-0.15, -0.1) is 0 Å². The zero-order valence-corrected chi connectivity index (χ0v) is 9.52. The van der Waals surface area contributed by atoms with E-state index in [1.807, 2.05) is 18.7 Å². The smallest absolute Gasteiger partial charge is 0.240 e. The maximum absolute atomic E-state index is 11.7. The average molecular weight is 202 g/mol. The van der Waals surface area contributed by atoms with Gasteiger partial charge in [0, 0.05) is 11.8 Å². The lowest BCUT2D eigenvalue weighted by Crippen LogP contribution is -2.42. The van der Waals surface area contributed by atoms with E-state index in [-0.39, 0.29) is 18.1 Å². The zero-order valence-electron chi connectivity index (χ0n) is 8.70. The highest BCUT2D eigenvalue weighted by Gasteiger charge is 2.35. The molecule has 1 fully saturated rings. The van der Waals surface area contributed by atoms with Crippen molar-refractivity contribution in [1.29, 1.82) is 0 Å². The Labute approximate surface area is 84.2 Å². The summed E-state index contributed by atoms with van der Waals surface area (Å²) in [5, 5.41) is 3.22.